The molecule has 0 radical (unpaired) electrons. The van der Waals surface area contributed by atoms with Gasteiger partial charge in [-0.15, -0.1) is 11.8 Å². The van der Waals surface area contributed by atoms with Crippen molar-refractivity contribution < 1.29 is 19.5 Å². The second-order valence-electron chi connectivity index (χ2n) is 7.19. The van der Waals surface area contributed by atoms with Crippen molar-refractivity contribution in [2.24, 2.45) is 5.73 Å². The summed E-state index contributed by atoms with van der Waals surface area (Å²) in [6.45, 7) is 3.60. The Labute approximate surface area is 149 Å². The molecule has 1 aromatic rings. The van der Waals surface area contributed by atoms with Gasteiger partial charge < -0.3 is 20.6 Å². The van der Waals surface area contributed by atoms with E-state index in [0.717, 1.165) is 0 Å². The van der Waals surface area contributed by atoms with Crippen molar-refractivity contribution in [1.29, 1.82) is 0 Å². The first-order valence-corrected chi connectivity index (χ1v) is 8.96. The predicted octanol–water partition coefficient (Wildman–Crippen LogP) is 0.414. The van der Waals surface area contributed by atoms with Crippen LogP contribution in [0, 0.1) is 0 Å². The van der Waals surface area contributed by atoms with E-state index in [0.29, 0.717) is 5.56 Å². The fourth-order valence-corrected chi connectivity index (χ4v) is 6.01. The molecule has 0 saturated carbocycles. The first-order chi connectivity index (χ1) is 11.7. The third kappa shape index (κ3) is 1.84. The number of hydrogen-bond donors (Lipinski definition) is 2. The van der Waals surface area contributed by atoms with Gasteiger partial charge in [0.2, 0.25) is 11.8 Å². The van der Waals surface area contributed by atoms with Crippen LogP contribution in [0.3, 0.4) is 0 Å². The van der Waals surface area contributed by atoms with Gasteiger partial charge in [0, 0.05) is 4.75 Å². The first kappa shape index (κ1) is 16.4. The molecule has 4 fully saturated rings. The molecular formula is C17H19N3O4S. The van der Waals surface area contributed by atoms with E-state index < -0.39 is 34.2 Å². The monoisotopic (exact) mass is 361 g/mol. The second kappa shape index (κ2) is 4.98. The lowest BCUT2D eigenvalue weighted by atomic mass is 9.76. The predicted molar refractivity (Wildman–Crippen MR) is 91.5 cm³/mol. The molecule has 4 saturated heterocycles. The highest BCUT2D eigenvalue weighted by atomic mass is 32.2. The summed E-state index contributed by atoms with van der Waals surface area (Å²) >= 11 is 1.45. The highest BCUT2D eigenvalue weighted by Crippen LogP contribution is 2.61. The summed E-state index contributed by atoms with van der Waals surface area (Å²) in [6, 6.07) is 7.37. The van der Waals surface area contributed by atoms with Crippen molar-refractivity contribution >= 4 is 29.5 Å². The first-order valence-electron chi connectivity index (χ1n) is 8.08. The van der Waals surface area contributed by atoms with Gasteiger partial charge in [-0.3, -0.25) is 9.59 Å². The van der Waals surface area contributed by atoms with Crippen LogP contribution in [0.4, 0.5) is 0 Å². The number of β-lactam (4-membered cyclic amide) rings is 1. The molecule has 132 valence electrons. The van der Waals surface area contributed by atoms with E-state index >= 15 is 0 Å². The number of carboxylic acid groups (broad SMARTS) is 1. The number of carbonyl (C=O) groups excluding carboxylic acids is 2. The van der Waals surface area contributed by atoms with E-state index in [1.165, 1.54) is 21.6 Å². The molecule has 3 N–H and O–H groups in total. The van der Waals surface area contributed by atoms with Gasteiger partial charge in [0.15, 0.2) is 5.54 Å². The SMILES string of the molecule is CC1(C)S[C@@H]2[C@H]3C(=O)N2[C@]1(C(=O)O)CN3C(=O)C(N)c1ccccc1. The lowest BCUT2D eigenvalue weighted by Crippen LogP contribution is -2.84. The number of rotatable bonds is 3. The van der Waals surface area contributed by atoms with E-state index in [2.05, 4.69) is 0 Å². The van der Waals surface area contributed by atoms with Gasteiger partial charge in [-0.1, -0.05) is 30.3 Å². The largest absolute Gasteiger partial charge is 0.479 e. The van der Waals surface area contributed by atoms with E-state index in [4.69, 9.17) is 5.73 Å². The standard InChI is InChI=1S/C17H19N3O4S/c1-16(2)17(15(23)24)8-19(11-13(22)20(17)14(11)25-16)12(21)10(18)9-6-4-3-5-7-9/h3-7,10-11,14H,8,18H2,1-2H3,(H,23,24)/t10?,11-,14-,17+/m1/s1. The summed E-state index contributed by atoms with van der Waals surface area (Å²) in [6.07, 6.45) is 0. The minimum atomic E-state index is -1.42. The lowest BCUT2D eigenvalue weighted by Gasteiger charge is -2.59. The fraction of sp³-hybridized carbons (Fsp3) is 0.471. The number of nitrogens with two attached hydrogens (primary N) is 1. The minimum absolute atomic E-state index is 0.0331. The number of aliphatic carboxylic acids is 1. The van der Waals surface area contributed by atoms with E-state index in [-0.39, 0.29) is 17.8 Å². The van der Waals surface area contributed by atoms with Gasteiger partial charge in [0.25, 0.3) is 0 Å². The normalized spacial score (nSPS) is 33.0. The summed E-state index contributed by atoms with van der Waals surface area (Å²) in [5.41, 5.74) is 5.35. The second-order valence-corrected chi connectivity index (χ2v) is 8.93. The number of piperazine rings is 2. The highest BCUT2D eigenvalue weighted by Gasteiger charge is 2.78. The van der Waals surface area contributed by atoms with Crippen molar-refractivity contribution in [3.8, 4) is 0 Å². The van der Waals surface area contributed by atoms with Crippen LogP contribution in [0.2, 0.25) is 0 Å². The van der Waals surface area contributed by atoms with E-state index in [1.54, 1.807) is 24.3 Å². The summed E-state index contributed by atoms with van der Waals surface area (Å²) in [4.78, 5) is 40.6. The summed E-state index contributed by atoms with van der Waals surface area (Å²) in [5, 5.41) is 9.62. The Morgan fingerprint density at radius 3 is 2.56 bits per heavy atom. The zero-order valence-corrected chi connectivity index (χ0v) is 14.7. The number of carboxylic acids is 1. The van der Waals surface area contributed by atoms with Crippen LogP contribution < -0.4 is 5.73 Å². The zero-order chi connectivity index (χ0) is 18.1. The molecule has 5 rings (SSSR count). The molecule has 0 aromatic heterocycles. The van der Waals surface area contributed by atoms with Crippen molar-refractivity contribution in [3.63, 3.8) is 0 Å². The molecule has 1 unspecified atom stereocenters. The van der Waals surface area contributed by atoms with Crippen molar-refractivity contribution in [1.82, 2.24) is 9.80 Å². The van der Waals surface area contributed by atoms with Crippen LogP contribution in [0.5, 0.6) is 0 Å². The number of thioether (sulfide) groups is 1. The van der Waals surface area contributed by atoms with Crippen LogP contribution in [0.15, 0.2) is 30.3 Å². The third-order valence-corrected chi connectivity index (χ3v) is 7.27. The summed E-state index contributed by atoms with van der Waals surface area (Å²) in [7, 11) is 0. The van der Waals surface area contributed by atoms with Gasteiger partial charge in [0.1, 0.15) is 17.5 Å². The van der Waals surface area contributed by atoms with E-state index in [1.807, 2.05) is 19.9 Å². The average molecular weight is 361 g/mol. The molecule has 4 atom stereocenters. The maximum atomic E-state index is 13.0. The Hall–Kier alpha value is -2.06. The smallest absolute Gasteiger partial charge is 0.333 e. The molecule has 1 aromatic carbocycles. The lowest BCUT2D eigenvalue weighted by molar-refractivity contribution is -0.196. The number of carbonyl (C=O) groups is 3. The maximum Gasteiger partial charge on any atom is 0.333 e. The summed E-state index contributed by atoms with van der Waals surface area (Å²) < 4.78 is -0.695. The fourth-order valence-electron chi connectivity index (χ4n) is 4.18. The van der Waals surface area contributed by atoms with Crippen molar-refractivity contribution in [3.05, 3.63) is 35.9 Å². The van der Waals surface area contributed by atoms with Crippen LogP contribution in [-0.4, -0.2) is 60.9 Å². The van der Waals surface area contributed by atoms with Crippen molar-refractivity contribution in [2.45, 2.75) is 41.6 Å². The molecule has 2 amide bonds. The quantitative estimate of drug-likeness (QED) is 0.756. The number of nitrogens with zero attached hydrogens (tertiary/aromatic N) is 2. The Bertz CT molecular complexity index is 783. The molecule has 4 heterocycles. The molecule has 0 aliphatic carbocycles. The summed E-state index contributed by atoms with van der Waals surface area (Å²) in [5.74, 6) is -1.78. The van der Waals surface area contributed by atoms with Crippen LogP contribution >= 0.6 is 11.8 Å². The average Bonchev–Trinajstić information content (AvgIpc) is 2.74. The van der Waals surface area contributed by atoms with Crippen LogP contribution in [0.25, 0.3) is 0 Å². The highest BCUT2D eigenvalue weighted by molar-refractivity contribution is 8.01. The van der Waals surface area contributed by atoms with Gasteiger partial charge in [0.05, 0.1) is 6.54 Å². The number of benzene rings is 1. The molecule has 4 aliphatic heterocycles. The molecule has 7 nitrogen and oxygen atoms in total. The zero-order valence-electron chi connectivity index (χ0n) is 13.9. The van der Waals surface area contributed by atoms with Gasteiger partial charge >= 0.3 is 5.97 Å². The molecule has 0 spiro atoms. The van der Waals surface area contributed by atoms with Gasteiger partial charge in [-0.2, -0.15) is 0 Å². The minimum Gasteiger partial charge on any atom is -0.479 e. The number of amides is 2. The molecule has 4 aliphatic rings. The Balaban J connectivity index is 1.72. The third-order valence-electron chi connectivity index (χ3n) is 5.63. The Kier molecular flexibility index (Phi) is 3.27. The van der Waals surface area contributed by atoms with E-state index in [9.17, 15) is 19.5 Å². The molecule has 25 heavy (non-hydrogen) atoms. The van der Waals surface area contributed by atoms with Gasteiger partial charge in [-0.05, 0) is 19.4 Å². The number of hydrogen-bond acceptors (Lipinski definition) is 5. The Morgan fingerprint density at radius 2 is 1.96 bits per heavy atom. The topological polar surface area (TPSA) is 104 Å². The maximum absolute atomic E-state index is 13.0. The molecule has 4 bridgehead atoms. The molecule has 8 heteroatoms. The van der Waals surface area contributed by atoms with Crippen LogP contribution in [0.1, 0.15) is 25.5 Å². The molecular weight excluding hydrogens is 342 g/mol. The number of fused-ring (bicyclic) bond motifs is 1. The Morgan fingerprint density at radius 1 is 1.32 bits per heavy atom. The van der Waals surface area contributed by atoms with Crippen LogP contribution in [-0.2, 0) is 14.4 Å². The van der Waals surface area contributed by atoms with Crippen molar-refractivity contribution in [2.75, 3.05) is 6.54 Å². The van der Waals surface area contributed by atoms with Gasteiger partial charge in [-0.25, -0.2) is 4.79 Å².